The van der Waals surface area contributed by atoms with Crippen LogP contribution in [0, 0.1) is 0 Å². The van der Waals surface area contributed by atoms with Crippen molar-refractivity contribution in [3.8, 4) is 17.1 Å². The van der Waals surface area contributed by atoms with Gasteiger partial charge in [0.15, 0.2) is 0 Å². The molecule has 2 aromatic carbocycles. The molecule has 1 N–H and O–H groups in total. The monoisotopic (exact) mass is 470 g/mol. The zero-order chi connectivity index (χ0) is 23.3. The summed E-state index contributed by atoms with van der Waals surface area (Å²) in [7, 11) is -1.97. The molecule has 0 saturated carbocycles. The van der Waals surface area contributed by atoms with Crippen LogP contribution in [0.5, 0.6) is 5.75 Å². The summed E-state index contributed by atoms with van der Waals surface area (Å²) >= 11 is 0. The van der Waals surface area contributed by atoms with Gasteiger partial charge < -0.3 is 14.6 Å². The molecule has 10 heteroatoms. The Bertz CT molecular complexity index is 1200. The van der Waals surface area contributed by atoms with Crippen LogP contribution in [-0.2, 0) is 16.6 Å². The third kappa shape index (κ3) is 5.23. The Morgan fingerprint density at radius 2 is 1.76 bits per heavy atom. The Kier molecular flexibility index (Phi) is 7.05. The lowest BCUT2D eigenvalue weighted by Gasteiger charge is -2.19. The van der Waals surface area contributed by atoms with Gasteiger partial charge in [-0.25, -0.2) is 8.42 Å². The smallest absolute Gasteiger partial charge is 0.316 e. The maximum atomic E-state index is 12.9. The molecule has 1 aliphatic rings. The molecule has 1 saturated heterocycles. The van der Waals surface area contributed by atoms with Crippen molar-refractivity contribution in [2.75, 3.05) is 20.2 Å². The summed E-state index contributed by atoms with van der Waals surface area (Å²) in [5.74, 6) is 0.177. The van der Waals surface area contributed by atoms with Gasteiger partial charge in [-0.05, 0) is 43.2 Å². The second kappa shape index (κ2) is 10.1. The van der Waals surface area contributed by atoms with Crippen LogP contribution in [0.4, 0.5) is 0 Å². The van der Waals surface area contributed by atoms with E-state index in [1.807, 2.05) is 24.3 Å². The van der Waals surface area contributed by atoms with Gasteiger partial charge in [-0.15, -0.1) is 0 Å². The van der Waals surface area contributed by atoms with E-state index in [4.69, 9.17) is 9.26 Å². The van der Waals surface area contributed by atoms with Crippen molar-refractivity contribution in [1.29, 1.82) is 0 Å². The summed E-state index contributed by atoms with van der Waals surface area (Å²) in [4.78, 5) is 16.8. The lowest BCUT2D eigenvalue weighted by molar-refractivity contribution is 0.0906. The van der Waals surface area contributed by atoms with Gasteiger partial charge in [0.25, 0.3) is 0 Å². The van der Waals surface area contributed by atoms with Gasteiger partial charge in [0.1, 0.15) is 5.75 Å². The highest BCUT2D eigenvalue weighted by Crippen LogP contribution is 2.23. The molecule has 0 atom stereocenters. The number of para-hydroxylation sites is 1. The third-order valence-corrected chi connectivity index (χ3v) is 7.48. The van der Waals surface area contributed by atoms with E-state index in [1.165, 1.54) is 12.1 Å². The molecule has 4 rings (SSSR count). The number of hydrogen-bond acceptors (Lipinski definition) is 7. The Balaban J connectivity index is 1.43. The average molecular weight is 471 g/mol. The molecular weight excluding hydrogens is 444 g/mol. The number of hydrogen-bond donors (Lipinski definition) is 1. The molecule has 0 unspecified atom stereocenters. The predicted octanol–water partition coefficient (Wildman–Crippen LogP) is 3.24. The molecule has 9 nitrogen and oxygen atoms in total. The summed E-state index contributed by atoms with van der Waals surface area (Å²) in [5, 5.41) is 6.58. The first-order valence-electron chi connectivity index (χ1n) is 10.8. The molecule has 33 heavy (non-hydrogen) atoms. The highest BCUT2D eigenvalue weighted by atomic mass is 32.2. The number of nitrogens with one attached hydrogen (secondary N) is 1. The number of methoxy groups -OCH3 is 1. The van der Waals surface area contributed by atoms with E-state index >= 15 is 0 Å². The van der Waals surface area contributed by atoms with Crippen LogP contribution in [0.15, 0.2) is 57.9 Å². The molecule has 174 valence electrons. The van der Waals surface area contributed by atoms with Gasteiger partial charge in [-0.1, -0.05) is 36.2 Å². The van der Waals surface area contributed by atoms with Crippen LogP contribution in [0.1, 0.15) is 41.9 Å². The first-order chi connectivity index (χ1) is 16.0. The summed E-state index contributed by atoms with van der Waals surface area (Å²) < 4.78 is 37.8. The number of sulfonamides is 1. The van der Waals surface area contributed by atoms with Crippen LogP contribution >= 0.6 is 0 Å². The Labute approximate surface area is 192 Å². The normalized spacial score (nSPS) is 15.1. The second-order valence-electron chi connectivity index (χ2n) is 7.76. The zero-order valence-electron chi connectivity index (χ0n) is 18.4. The number of benzene rings is 2. The fraction of sp³-hybridized carbons (Fsp3) is 0.348. The van der Waals surface area contributed by atoms with Crippen LogP contribution in [-0.4, -0.2) is 49.0 Å². The summed E-state index contributed by atoms with van der Waals surface area (Å²) in [5.41, 5.74) is 1.37. The second-order valence-corrected chi connectivity index (χ2v) is 9.70. The van der Waals surface area contributed by atoms with E-state index in [0.717, 1.165) is 31.2 Å². The van der Waals surface area contributed by atoms with Crippen molar-refractivity contribution >= 4 is 15.9 Å². The first kappa shape index (κ1) is 22.9. The quantitative estimate of drug-likeness (QED) is 0.564. The van der Waals surface area contributed by atoms with Crippen LogP contribution < -0.4 is 10.1 Å². The molecule has 2 heterocycles. The minimum Gasteiger partial charge on any atom is -0.496 e. The molecule has 1 fully saturated rings. The Hall–Kier alpha value is -3.24. The van der Waals surface area contributed by atoms with E-state index < -0.39 is 15.9 Å². The molecule has 1 aromatic heterocycles. The van der Waals surface area contributed by atoms with Gasteiger partial charge >= 0.3 is 11.8 Å². The third-order valence-electron chi connectivity index (χ3n) is 5.57. The number of nitrogens with zero attached hydrogens (tertiary/aromatic N) is 3. The number of amides is 1. The topological polar surface area (TPSA) is 115 Å². The van der Waals surface area contributed by atoms with E-state index in [1.54, 1.807) is 23.5 Å². The lowest BCUT2D eigenvalue weighted by Crippen LogP contribution is -2.31. The van der Waals surface area contributed by atoms with E-state index in [0.29, 0.717) is 24.4 Å². The van der Waals surface area contributed by atoms with E-state index in [9.17, 15) is 13.2 Å². The fourth-order valence-corrected chi connectivity index (χ4v) is 5.26. The minimum atomic E-state index is -3.54. The molecule has 0 radical (unpaired) electrons. The van der Waals surface area contributed by atoms with Gasteiger partial charge in [-0.3, -0.25) is 4.79 Å². The van der Waals surface area contributed by atoms with Crippen molar-refractivity contribution in [3.05, 3.63) is 60.0 Å². The summed E-state index contributed by atoms with van der Waals surface area (Å²) in [6, 6.07) is 13.7. The highest BCUT2D eigenvalue weighted by Gasteiger charge is 2.25. The van der Waals surface area contributed by atoms with Gasteiger partial charge in [0.05, 0.1) is 12.0 Å². The minimum absolute atomic E-state index is 0.179. The van der Waals surface area contributed by atoms with Crippen molar-refractivity contribution < 1.29 is 22.5 Å². The maximum absolute atomic E-state index is 12.9. The number of rotatable bonds is 7. The number of aromatic nitrogens is 2. The van der Waals surface area contributed by atoms with Gasteiger partial charge in [-0.2, -0.15) is 9.29 Å². The fourth-order valence-electron chi connectivity index (χ4n) is 3.74. The highest BCUT2D eigenvalue weighted by molar-refractivity contribution is 7.89. The molecule has 3 aromatic rings. The number of ether oxygens (including phenoxy) is 1. The summed E-state index contributed by atoms with van der Waals surface area (Å²) in [6.07, 6.45) is 3.86. The first-order valence-corrected chi connectivity index (χ1v) is 12.3. The average Bonchev–Trinajstić information content (AvgIpc) is 3.17. The van der Waals surface area contributed by atoms with E-state index in [-0.39, 0.29) is 23.2 Å². The zero-order valence-corrected chi connectivity index (χ0v) is 19.2. The largest absolute Gasteiger partial charge is 0.496 e. The van der Waals surface area contributed by atoms with Crippen molar-refractivity contribution in [2.45, 2.75) is 37.1 Å². The molecule has 1 amide bonds. The molecular formula is C23H26N4O5S. The molecule has 0 spiro atoms. The van der Waals surface area contributed by atoms with E-state index in [2.05, 4.69) is 15.5 Å². The summed E-state index contributed by atoms with van der Waals surface area (Å²) in [6.45, 7) is 1.33. The number of carbonyl (C=O) groups excluding carboxylic acids is 1. The van der Waals surface area contributed by atoms with Gasteiger partial charge in [0, 0.05) is 30.8 Å². The molecule has 0 aliphatic carbocycles. The van der Waals surface area contributed by atoms with Crippen LogP contribution in [0.3, 0.4) is 0 Å². The van der Waals surface area contributed by atoms with Crippen molar-refractivity contribution in [3.63, 3.8) is 0 Å². The van der Waals surface area contributed by atoms with Crippen molar-refractivity contribution in [1.82, 2.24) is 19.8 Å². The lowest BCUT2D eigenvalue weighted by atomic mass is 10.2. The van der Waals surface area contributed by atoms with Crippen LogP contribution in [0.2, 0.25) is 0 Å². The molecule has 1 aliphatic heterocycles. The molecule has 0 bridgehead atoms. The maximum Gasteiger partial charge on any atom is 0.316 e. The van der Waals surface area contributed by atoms with Crippen LogP contribution in [0.25, 0.3) is 11.4 Å². The Morgan fingerprint density at radius 3 is 2.45 bits per heavy atom. The SMILES string of the molecule is COc1ccccc1CNC(=O)c1nc(-c2ccc(S(=O)(=O)N3CCCCCC3)cc2)no1. The standard InChI is InChI=1S/C23H26N4O5S/c1-31-20-9-5-4-8-18(20)16-24-22(28)23-25-21(26-32-23)17-10-12-19(13-11-17)33(29,30)27-14-6-2-3-7-15-27/h4-5,8-13H,2-3,6-7,14-16H2,1H3,(H,24,28). The Morgan fingerprint density at radius 1 is 1.06 bits per heavy atom. The number of carbonyl (C=O) groups is 1. The predicted molar refractivity (Wildman–Crippen MR) is 121 cm³/mol. The van der Waals surface area contributed by atoms with Crippen molar-refractivity contribution in [2.24, 2.45) is 0 Å². The van der Waals surface area contributed by atoms with Gasteiger partial charge in [0.2, 0.25) is 15.8 Å².